The minimum absolute atomic E-state index is 0.0618. The van der Waals surface area contributed by atoms with Gasteiger partial charge in [-0.2, -0.15) is 4.31 Å². The average molecular weight is 486 g/mol. The van der Waals surface area contributed by atoms with Crippen molar-refractivity contribution in [3.8, 4) is 0 Å². The zero-order chi connectivity index (χ0) is 22.0. The highest BCUT2D eigenvalue weighted by atomic mass is 35.5. The molecule has 13 heteroatoms. The lowest BCUT2D eigenvalue weighted by Crippen LogP contribution is -2.40. The Morgan fingerprint density at radius 3 is 2.71 bits per heavy atom. The van der Waals surface area contributed by atoms with Crippen LogP contribution in [0.4, 0.5) is 5.69 Å². The maximum atomic E-state index is 12.9. The fourth-order valence-corrected chi connectivity index (χ4v) is 5.06. The van der Waals surface area contributed by atoms with Crippen molar-refractivity contribution in [1.82, 2.24) is 19.5 Å². The summed E-state index contributed by atoms with van der Waals surface area (Å²) in [6.07, 6.45) is 0. The van der Waals surface area contributed by atoms with Gasteiger partial charge in [-0.3, -0.25) is 4.79 Å². The average Bonchev–Trinajstić information content (AvgIpc) is 3.16. The van der Waals surface area contributed by atoms with Gasteiger partial charge in [0, 0.05) is 23.8 Å². The number of carbonyl (C=O) groups is 1. The summed E-state index contributed by atoms with van der Waals surface area (Å²) >= 11 is 12.1. The fraction of sp³-hybridized carbons (Fsp3) is 0.278. The van der Waals surface area contributed by atoms with Crippen LogP contribution in [0.15, 0.2) is 41.3 Å². The van der Waals surface area contributed by atoms with Crippen LogP contribution in [0.5, 0.6) is 0 Å². The maximum absolute atomic E-state index is 12.9. The molecule has 1 N–H and O–H groups in total. The maximum Gasteiger partial charge on any atom is 0.265 e. The topological polar surface area (TPSA) is 116 Å². The summed E-state index contributed by atoms with van der Waals surface area (Å²) in [6.45, 7) is 0.705. The van der Waals surface area contributed by atoms with E-state index in [1.54, 1.807) is 18.2 Å². The van der Waals surface area contributed by atoms with Crippen molar-refractivity contribution >= 4 is 55.9 Å². The second-order valence-electron chi connectivity index (χ2n) is 6.58. The number of fused-ring (bicyclic) bond motifs is 1. The molecular weight excluding hydrogens is 469 g/mol. The van der Waals surface area contributed by atoms with Crippen molar-refractivity contribution in [3.05, 3.63) is 46.4 Å². The normalized spacial score (nSPS) is 15.2. The van der Waals surface area contributed by atoms with E-state index in [-0.39, 0.29) is 35.3 Å². The molecule has 0 aliphatic carbocycles. The minimum Gasteiger partial charge on any atom is -0.385 e. The molecule has 1 amide bonds. The highest BCUT2D eigenvalue weighted by molar-refractivity contribution is 7.89. The number of hydrogen-bond acceptors (Lipinski definition) is 7. The number of aromatic nitrogens is 3. The van der Waals surface area contributed by atoms with E-state index in [1.165, 1.54) is 22.5 Å². The van der Waals surface area contributed by atoms with Crippen molar-refractivity contribution in [3.63, 3.8) is 0 Å². The Labute approximate surface area is 187 Å². The van der Waals surface area contributed by atoms with Gasteiger partial charge in [0.25, 0.3) is 5.91 Å². The molecule has 0 atom stereocenters. The highest BCUT2D eigenvalue weighted by Crippen LogP contribution is 2.28. The number of hydrogen-bond donors (Lipinski definition) is 1. The van der Waals surface area contributed by atoms with Gasteiger partial charge in [-0.1, -0.05) is 28.0 Å². The van der Waals surface area contributed by atoms with Crippen LogP contribution in [0, 0.1) is 0 Å². The van der Waals surface area contributed by atoms with Crippen molar-refractivity contribution in [2.45, 2.75) is 4.90 Å². The van der Waals surface area contributed by atoms with Crippen LogP contribution in [0.1, 0.15) is 0 Å². The number of nitrogens with one attached hydrogen (secondary N) is 1. The lowest BCUT2D eigenvalue weighted by atomic mass is 10.3. The van der Waals surface area contributed by atoms with Gasteiger partial charge in [-0.25, -0.2) is 8.42 Å². The number of nitrogens with zero attached hydrogens (tertiary/aromatic N) is 4. The number of morpholine rings is 1. The molecule has 3 aromatic rings. The first kappa shape index (κ1) is 21.8. The molecule has 2 heterocycles. The monoisotopic (exact) mass is 485 g/mol. The zero-order valence-electron chi connectivity index (χ0n) is 16.0. The van der Waals surface area contributed by atoms with Gasteiger partial charge >= 0.3 is 0 Å². The van der Waals surface area contributed by atoms with Gasteiger partial charge in [-0.15, -0.1) is 5.10 Å². The van der Waals surface area contributed by atoms with Gasteiger partial charge in [0.15, 0.2) is 6.61 Å². The summed E-state index contributed by atoms with van der Waals surface area (Å²) in [5, 5.41) is 10.9. The molecule has 1 fully saturated rings. The highest BCUT2D eigenvalue weighted by Gasteiger charge is 2.28. The van der Waals surface area contributed by atoms with Crippen molar-refractivity contribution < 1.29 is 22.8 Å². The van der Waals surface area contributed by atoms with Gasteiger partial charge < -0.3 is 14.9 Å². The summed E-state index contributed by atoms with van der Waals surface area (Å²) in [5.74, 6) is -0.525. The number of amides is 1. The molecule has 0 unspecified atom stereocenters. The number of halogens is 2. The van der Waals surface area contributed by atoms with Crippen LogP contribution in [-0.2, 0) is 19.6 Å². The predicted molar refractivity (Wildman–Crippen MR) is 114 cm³/mol. The second-order valence-corrected chi connectivity index (χ2v) is 9.33. The SMILES string of the molecule is O=C(COn1nnc2ccc(Cl)cc21)Nc1ccc(Cl)c(S(=O)(=O)N2CCOCC2)c1. The molecule has 164 valence electrons. The van der Waals surface area contributed by atoms with E-state index in [0.717, 1.165) is 4.85 Å². The molecule has 2 aromatic carbocycles. The molecule has 4 rings (SSSR count). The van der Waals surface area contributed by atoms with Gasteiger partial charge in [-0.05, 0) is 41.6 Å². The van der Waals surface area contributed by atoms with Crippen LogP contribution >= 0.6 is 23.2 Å². The Balaban J connectivity index is 1.46. The Hall–Kier alpha value is -2.44. The van der Waals surface area contributed by atoms with E-state index in [1.807, 2.05) is 0 Å². The van der Waals surface area contributed by atoms with Gasteiger partial charge in [0.05, 0.1) is 18.2 Å². The molecule has 1 aliphatic rings. The fourth-order valence-electron chi connectivity index (χ4n) is 2.99. The lowest BCUT2D eigenvalue weighted by Gasteiger charge is -2.26. The summed E-state index contributed by atoms with van der Waals surface area (Å²) < 4.78 is 32.3. The summed E-state index contributed by atoms with van der Waals surface area (Å²) in [4.78, 5) is 18.7. The molecule has 0 bridgehead atoms. The first-order chi connectivity index (χ1) is 14.8. The third-order valence-electron chi connectivity index (χ3n) is 4.50. The number of carbonyl (C=O) groups excluding carboxylic acids is 1. The third-order valence-corrected chi connectivity index (χ3v) is 7.11. The standard InChI is InChI=1S/C18H17Cl2N5O5S/c19-12-1-4-15-16(9-12)25(23-22-15)30-11-18(26)21-13-2-3-14(20)17(10-13)31(27,28)24-5-7-29-8-6-24/h1-4,9-10H,5-8,11H2,(H,21,26). The molecular formula is C18H17Cl2N5O5S. The lowest BCUT2D eigenvalue weighted by molar-refractivity contribution is -0.121. The van der Waals surface area contributed by atoms with Crippen molar-refractivity contribution in [1.29, 1.82) is 0 Å². The van der Waals surface area contributed by atoms with Crippen LogP contribution < -0.4 is 10.2 Å². The van der Waals surface area contributed by atoms with Gasteiger partial charge in [0.1, 0.15) is 15.9 Å². The molecule has 0 radical (unpaired) electrons. The molecule has 10 nitrogen and oxygen atoms in total. The number of rotatable bonds is 6. The Morgan fingerprint density at radius 1 is 1.16 bits per heavy atom. The molecule has 1 aromatic heterocycles. The number of sulfonamides is 1. The van der Waals surface area contributed by atoms with E-state index in [0.29, 0.717) is 29.3 Å². The number of ether oxygens (including phenoxy) is 1. The van der Waals surface area contributed by atoms with Crippen LogP contribution in [0.25, 0.3) is 11.0 Å². The Morgan fingerprint density at radius 2 is 1.94 bits per heavy atom. The smallest absolute Gasteiger partial charge is 0.265 e. The number of benzene rings is 2. The van der Waals surface area contributed by atoms with E-state index in [9.17, 15) is 13.2 Å². The van der Waals surface area contributed by atoms with Crippen LogP contribution in [0.2, 0.25) is 10.0 Å². The van der Waals surface area contributed by atoms with Crippen molar-refractivity contribution in [2.24, 2.45) is 0 Å². The first-order valence-electron chi connectivity index (χ1n) is 9.16. The molecule has 1 aliphatic heterocycles. The molecule has 31 heavy (non-hydrogen) atoms. The Kier molecular flexibility index (Phi) is 6.30. The van der Waals surface area contributed by atoms with Gasteiger partial charge in [0.2, 0.25) is 10.0 Å². The summed E-state index contributed by atoms with van der Waals surface area (Å²) in [5.41, 5.74) is 1.32. The van der Waals surface area contributed by atoms with E-state index < -0.39 is 15.9 Å². The summed E-state index contributed by atoms with van der Waals surface area (Å²) in [6, 6.07) is 9.18. The van der Waals surface area contributed by atoms with Crippen LogP contribution in [-0.4, -0.2) is 66.7 Å². The zero-order valence-corrected chi connectivity index (χ0v) is 18.3. The quantitative estimate of drug-likeness (QED) is 0.565. The van der Waals surface area contributed by atoms with E-state index >= 15 is 0 Å². The second kappa shape index (κ2) is 8.97. The molecule has 0 saturated carbocycles. The van der Waals surface area contributed by atoms with Crippen LogP contribution in [0.3, 0.4) is 0 Å². The van der Waals surface area contributed by atoms with E-state index in [2.05, 4.69) is 15.6 Å². The minimum atomic E-state index is -3.82. The van der Waals surface area contributed by atoms with Crippen molar-refractivity contribution in [2.75, 3.05) is 38.2 Å². The summed E-state index contributed by atoms with van der Waals surface area (Å²) in [7, 11) is -3.82. The molecule has 1 saturated heterocycles. The Bertz CT molecular complexity index is 1230. The third kappa shape index (κ3) is 4.75. The molecule has 0 spiro atoms. The van der Waals surface area contributed by atoms with E-state index in [4.69, 9.17) is 32.8 Å². The number of anilines is 1. The predicted octanol–water partition coefficient (Wildman–Crippen LogP) is 1.83. The largest absolute Gasteiger partial charge is 0.385 e. The first-order valence-corrected chi connectivity index (χ1v) is 11.4.